The highest BCUT2D eigenvalue weighted by atomic mass is 16.5. The summed E-state index contributed by atoms with van der Waals surface area (Å²) in [6.45, 7) is 1.10. The highest BCUT2D eigenvalue weighted by molar-refractivity contribution is 5.78. The fourth-order valence-corrected chi connectivity index (χ4v) is 2.74. The molecule has 27 heavy (non-hydrogen) atoms. The molecule has 0 spiro atoms. The predicted octanol–water partition coefficient (Wildman–Crippen LogP) is 3.87. The van der Waals surface area contributed by atoms with Crippen molar-refractivity contribution < 1.29 is 14.6 Å². The van der Waals surface area contributed by atoms with Crippen LogP contribution in [0.25, 0.3) is 0 Å². The van der Waals surface area contributed by atoms with E-state index in [2.05, 4.69) is 5.32 Å². The van der Waals surface area contributed by atoms with Gasteiger partial charge in [-0.05, 0) is 47.4 Å². The molecule has 1 amide bonds. The van der Waals surface area contributed by atoms with Gasteiger partial charge in [-0.3, -0.25) is 4.79 Å². The van der Waals surface area contributed by atoms with Gasteiger partial charge in [-0.2, -0.15) is 0 Å². The van der Waals surface area contributed by atoms with Gasteiger partial charge in [0.1, 0.15) is 18.1 Å². The molecule has 0 aliphatic carbocycles. The van der Waals surface area contributed by atoms with E-state index in [1.54, 1.807) is 24.3 Å². The Morgan fingerprint density at radius 3 is 2.37 bits per heavy atom. The van der Waals surface area contributed by atoms with Gasteiger partial charge in [-0.25, -0.2) is 0 Å². The second-order valence-electron chi connectivity index (χ2n) is 6.36. The Labute approximate surface area is 159 Å². The minimum atomic E-state index is -0.0304. The van der Waals surface area contributed by atoms with Crippen LogP contribution in [0.4, 0.5) is 0 Å². The Bertz CT molecular complexity index is 860. The highest BCUT2D eigenvalue weighted by Gasteiger charge is 2.04. The second kappa shape index (κ2) is 9.43. The molecule has 4 heteroatoms. The van der Waals surface area contributed by atoms with Crippen LogP contribution in [0.15, 0.2) is 78.9 Å². The summed E-state index contributed by atoms with van der Waals surface area (Å²) in [7, 11) is 0. The van der Waals surface area contributed by atoms with Gasteiger partial charge < -0.3 is 15.2 Å². The number of rotatable bonds is 8. The maximum absolute atomic E-state index is 12.0. The quantitative estimate of drug-likeness (QED) is 0.640. The molecule has 0 aliphatic heterocycles. The van der Waals surface area contributed by atoms with Crippen LogP contribution in [0.3, 0.4) is 0 Å². The van der Waals surface area contributed by atoms with Gasteiger partial charge in [0, 0.05) is 6.54 Å². The first kappa shape index (κ1) is 18.5. The molecule has 0 saturated carbocycles. The number of phenols is 1. The number of aromatic hydroxyl groups is 1. The Morgan fingerprint density at radius 1 is 0.852 bits per heavy atom. The predicted molar refractivity (Wildman–Crippen MR) is 106 cm³/mol. The van der Waals surface area contributed by atoms with Crippen molar-refractivity contribution in [1.82, 2.24) is 5.32 Å². The summed E-state index contributed by atoms with van der Waals surface area (Å²) in [5, 5.41) is 12.2. The molecule has 0 bridgehead atoms. The normalized spacial score (nSPS) is 10.4. The molecule has 0 atom stereocenters. The van der Waals surface area contributed by atoms with Gasteiger partial charge >= 0.3 is 0 Å². The van der Waals surface area contributed by atoms with Crippen LogP contribution in [0.2, 0.25) is 0 Å². The van der Waals surface area contributed by atoms with Crippen LogP contribution in [-0.4, -0.2) is 17.6 Å². The lowest BCUT2D eigenvalue weighted by Crippen LogP contribution is -2.27. The summed E-state index contributed by atoms with van der Waals surface area (Å²) in [5.41, 5.74) is 3.12. The molecule has 0 aliphatic rings. The Balaban J connectivity index is 1.44. The number of hydrogen-bond acceptors (Lipinski definition) is 3. The molecule has 3 aromatic rings. The molecule has 2 N–H and O–H groups in total. The van der Waals surface area contributed by atoms with Crippen molar-refractivity contribution in [3.8, 4) is 11.5 Å². The number of amides is 1. The van der Waals surface area contributed by atoms with Gasteiger partial charge in [0.2, 0.25) is 5.91 Å². The Morgan fingerprint density at radius 2 is 1.59 bits per heavy atom. The Hall–Kier alpha value is -3.27. The molecule has 0 unspecified atom stereocenters. The number of carbonyl (C=O) groups excluding carboxylic acids is 1. The van der Waals surface area contributed by atoms with E-state index in [0.717, 1.165) is 28.9 Å². The number of hydrogen-bond donors (Lipinski definition) is 2. The van der Waals surface area contributed by atoms with Crippen molar-refractivity contribution in [2.75, 3.05) is 6.54 Å². The van der Waals surface area contributed by atoms with E-state index in [4.69, 9.17) is 4.74 Å². The summed E-state index contributed by atoms with van der Waals surface area (Å²) < 4.78 is 5.84. The van der Waals surface area contributed by atoms with Crippen LogP contribution in [0.1, 0.15) is 16.7 Å². The van der Waals surface area contributed by atoms with E-state index in [-0.39, 0.29) is 11.7 Å². The SMILES string of the molecule is O=C(Cc1ccc(O)cc1)NCCc1cccc(OCc2ccccc2)c1. The van der Waals surface area contributed by atoms with Crippen molar-refractivity contribution >= 4 is 5.91 Å². The molecule has 3 aromatic carbocycles. The van der Waals surface area contributed by atoms with E-state index in [1.807, 2.05) is 54.6 Å². The van der Waals surface area contributed by atoms with E-state index >= 15 is 0 Å². The van der Waals surface area contributed by atoms with E-state index in [9.17, 15) is 9.90 Å². The van der Waals surface area contributed by atoms with E-state index in [1.165, 1.54) is 0 Å². The molecule has 0 radical (unpaired) electrons. The first-order valence-electron chi connectivity index (χ1n) is 8.99. The summed E-state index contributed by atoms with van der Waals surface area (Å²) in [4.78, 5) is 12.0. The van der Waals surface area contributed by atoms with Gasteiger partial charge in [-0.15, -0.1) is 0 Å². The van der Waals surface area contributed by atoms with Gasteiger partial charge in [0.15, 0.2) is 0 Å². The zero-order chi connectivity index (χ0) is 18.9. The number of phenolic OH excluding ortho intramolecular Hbond substituents is 1. The third-order valence-corrected chi connectivity index (χ3v) is 4.18. The monoisotopic (exact) mass is 361 g/mol. The lowest BCUT2D eigenvalue weighted by atomic mass is 10.1. The maximum atomic E-state index is 12.0. The topological polar surface area (TPSA) is 58.6 Å². The van der Waals surface area contributed by atoms with Crippen LogP contribution < -0.4 is 10.1 Å². The largest absolute Gasteiger partial charge is 0.508 e. The summed E-state index contributed by atoms with van der Waals surface area (Å²) in [6, 6.07) is 24.7. The molecule has 138 valence electrons. The summed E-state index contributed by atoms with van der Waals surface area (Å²) in [5.74, 6) is 0.998. The molecule has 0 saturated heterocycles. The third-order valence-electron chi connectivity index (χ3n) is 4.18. The van der Waals surface area contributed by atoms with Gasteiger partial charge in [0.25, 0.3) is 0 Å². The van der Waals surface area contributed by atoms with Crippen molar-refractivity contribution in [3.05, 3.63) is 95.6 Å². The molecule has 0 heterocycles. The average molecular weight is 361 g/mol. The summed E-state index contributed by atoms with van der Waals surface area (Å²) >= 11 is 0. The maximum Gasteiger partial charge on any atom is 0.224 e. The smallest absolute Gasteiger partial charge is 0.224 e. The number of nitrogens with one attached hydrogen (secondary N) is 1. The van der Waals surface area contributed by atoms with E-state index < -0.39 is 0 Å². The first-order chi connectivity index (χ1) is 13.2. The van der Waals surface area contributed by atoms with Crippen LogP contribution in [0.5, 0.6) is 11.5 Å². The molecule has 0 aromatic heterocycles. The first-order valence-corrected chi connectivity index (χ1v) is 8.99. The molecular weight excluding hydrogens is 338 g/mol. The zero-order valence-electron chi connectivity index (χ0n) is 15.1. The standard InChI is InChI=1S/C23H23NO3/c25-21-11-9-19(10-12-21)16-23(26)24-14-13-18-7-4-8-22(15-18)27-17-20-5-2-1-3-6-20/h1-12,15,25H,13-14,16-17H2,(H,24,26). The Kier molecular flexibility index (Phi) is 6.47. The minimum absolute atomic E-state index is 0.0304. The molecule has 3 rings (SSSR count). The second-order valence-corrected chi connectivity index (χ2v) is 6.36. The van der Waals surface area contributed by atoms with Crippen molar-refractivity contribution in [2.45, 2.75) is 19.4 Å². The lowest BCUT2D eigenvalue weighted by Gasteiger charge is -2.09. The summed E-state index contributed by atoms with van der Waals surface area (Å²) in [6.07, 6.45) is 1.05. The number of carbonyl (C=O) groups is 1. The fraction of sp³-hybridized carbons (Fsp3) is 0.174. The van der Waals surface area contributed by atoms with Crippen LogP contribution >= 0.6 is 0 Å². The van der Waals surface area contributed by atoms with Crippen molar-refractivity contribution in [2.24, 2.45) is 0 Å². The van der Waals surface area contributed by atoms with E-state index in [0.29, 0.717) is 19.6 Å². The van der Waals surface area contributed by atoms with Crippen molar-refractivity contribution in [1.29, 1.82) is 0 Å². The van der Waals surface area contributed by atoms with Gasteiger partial charge in [-0.1, -0.05) is 54.6 Å². The van der Waals surface area contributed by atoms with Gasteiger partial charge in [0.05, 0.1) is 6.42 Å². The lowest BCUT2D eigenvalue weighted by molar-refractivity contribution is -0.120. The van der Waals surface area contributed by atoms with Crippen LogP contribution in [-0.2, 0) is 24.2 Å². The van der Waals surface area contributed by atoms with Crippen molar-refractivity contribution in [3.63, 3.8) is 0 Å². The average Bonchev–Trinajstić information content (AvgIpc) is 2.69. The third kappa shape index (κ3) is 6.19. The fourth-order valence-electron chi connectivity index (χ4n) is 2.74. The van der Waals surface area contributed by atoms with Crippen LogP contribution in [0, 0.1) is 0 Å². The molecule has 4 nitrogen and oxygen atoms in total. The highest BCUT2D eigenvalue weighted by Crippen LogP contribution is 2.15. The molecule has 0 fully saturated rings. The number of ether oxygens (including phenoxy) is 1. The number of benzene rings is 3. The zero-order valence-corrected chi connectivity index (χ0v) is 15.1. The minimum Gasteiger partial charge on any atom is -0.508 e. The molecular formula is C23H23NO3.